The van der Waals surface area contributed by atoms with Gasteiger partial charge in [-0.25, -0.2) is 4.79 Å². The lowest BCUT2D eigenvalue weighted by atomic mass is 9.46. The van der Waals surface area contributed by atoms with Gasteiger partial charge in [-0.15, -0.1) is 0 Å². The Balaban J connectivity index is 1.07. The van der Waals surface area contributed by atoms with Crippen molar-refractivity contribution in [3.05, 3.63) is 47.7 Å². The van der Waals surface area contributed by atoms with Gasteiger partial charge in [-0.3, -0.25) is 4.79 Å². The molecule has 42 heavy (non-hydrogen) atoms. The zero-order valence-electron chi connectivity index (χ0n) is 25.4. The summed E-state index contributed by atoms with van der Waals surface area (Å²) in [5.41, 5.74) is 3.87. The molecule has 0 bridgehead atoms. The maximum absolute atomic E-state index is 12.8. The molecule has 3 N–H and O–H groups in total. The lowest BCUT2D eigenvalue weighted by Gasteiger charge is -2.59. The van der Waals surface area contributed by atoms with Crippen molar-refractivity contribution in [3.63, 3.8) is 0 Å². The zero-order valence-corrected chi connectivity index (χ0v) is 25.4. The minimum atomic E-state index is -0.827. The number of hydrogen-bond donors (Lipinski definition) is 3. The average molecular weight is 576 g/mol. The SMILES string of the molecule is COC(=O)C(Cc1c[nH]c2ccccc12)NC(=O)CON=C1C=C2CCC3C(CCC4(C)C3CCC4(C)O)C2(C)CC1. The number of hydrogen-bond acceptors (Lipinski definition) is 6. The van der Waals surface area contributed by atoms with Gasteiger partial charge in [-0.1, -0.05) is 42.8 Å². The van der Waals surface area contributed by atoms with Crippen LogP contribution in [0.3, 0.4) is 0 Å². The number of fused-ring (bicyclic) bond motifs is 6. The lowest BCUT2D eigenvalue weighted by Crippen LogP contribution is -2.53. The van der Waals surface area contributed by atoms with E-state index in [1.165, 1.54) is 25.5 Å². The molecule has 1 aromatic carbocycles. The summed E-state index contributed by atoms with van der Waals surface area (Å²) in [6.45, 7) is 6.57. The van der Waals surface area contributed by atoms with E-state index in [9.17, 15) is 14.7 Å². The molecule has 8 heteroatoms. The van der Waals surface area contributed by atoms with Crippen LogP contribution < -0.4 is 5.32 Å². The van der Waals surface area contributed by atoms with Crippen molar-refractivity contribution >= 4 is 28.5 Å². The molecule has 4 aliphatic carbocycles. The second kappa shape index (κ2) is 10.9. The number of methoxy groups -OCH3 is 1. The van der Waals surface area contributed by atoms with Gasteiger partial charge in [0.1, 0.15) is 6.04 Å². The number of carbonyl (C=O) groups excluding carboxylic acids is 2. The standard InChI is InChI=1S/C34H45N3O5/c1-32-14-11-23(18-22(32)9-10-25-26(32)12-15-33(2)27(25)13-16-34(33,3)40)37-42-20-30(38)36-29(31(39)41-4)17-21-19-35-28-8-6-5-7-24(21)28/h5-8,18-19,25-27,29,35,40H,9-17,20H2,1-4H3,(H,36,38). The maximum Gasteiger partial charge on any atom is 0.328 e. The Morgan fingerprint density at radius 3 is 2.69 bits per heavy atom. The first-order valence-corrected chi connectivity index (χ1v) is 15.6. The molecule has 0 spiro atoms. The first-order chi connectivity index (χ1) is 20.1. The molecule has 6 rings (SSSR count). The van der Waals surface area contributed by atoms with E-state index >= 15 is 0 Å². The number of nitrogens with one attached hydrogen (secondary N) is 2. The van der Waals surface area contributed by atoms with Crippen LogP contribution in [0.1, 0.15) is 77.7 Å². The highest BCUT2D eigenvalue weighted by Gasteiger charge is 2.62. The predicted octanol–water partition coefficient (Wildman–Crippen LogP) is 5.45. The number of aromatic amines is 1. The average Bonchev–Trinajstić information content (AvgIpc) is 3.49. The van der Waals surface area contributed by atoms with Gasteiger partial charge in [0.25, 0.3) is 5.91 Å². The molecule has 8 nitrogen and oxygen atoms in total. The fraction of sp³-hybridized carbons (Fsp3) is 0.618. The summed E-state index contributed by atoms with van der Waals surface area (Å²) < 4.78 is 4.96. The molecule has 226 valence electrons. The van der Waals surface area contributed by atoms with Crippen LogP contribution in [-0.4, -0.2) is 53.0 Å². The van der Waals surface area contributed by atoms with E-state index in [-0.39, 0.29) is 17.4 Å². The number of benzene rings is 1. The topological polar surface area (TPSA) is 113 Å². The van der Waals surface area contributed by atoms with Gasteiger partial charge in [0, 0.05) is 23.5 Å². The van der Waals surface area contributed by atoms with Crippen molar-refractivity contribution in [2.75, 3.05) is 13.7 Å². The molecule has 1 heterocycles. The molecule has 4 aliphatic rings. The molecule has 0 radical (unpaired) electrons. The third-order valence-electron chi connectivity index (χ3n) is 11.8. The monoisotopic (exact) mass is 575 g/mol. The van der Waals surface area contributed by atoms with Gasteiger partial charge in [0.2, 0.25) is 0 Å². The van der Waals surface area contributed by atoms with Crippen molar-refractivity contribution < 1.29 is 24.3 Å². The van der Waals surface area contributed by atoms with Crippen LogP contribution >= 0.6 is 0 Å². The van der Waals surface area contributed by atoms with E-state index in [0.717, 1.165) is 60.7 Å². The molecule has 7 atom stereocenters. The van der Waals surface area contributed by atoms with Crippen molar-refractivity contribution in [2.24, 2.45) is 33.7 Å². The van der Waals surface area contributed by atoms with Gasteiger partial charge in [0.15, 0.2) is 6.61 Å². The van der Waals surface area contributed by atoms with Gasteiger partial charge in [-0.05, 0) is 105 Å². The molecule has 1 amide bonds. The quantitative estimate of drug-likeness (QED) is 0.300. The smallest absolute Gasteiger partial charge is 0.328 e. The van der Waals surface area contributed by atoms with E-state index in [4.69, 9.17) is 9.57 Å². The second-order valence-corrected chi connectivity index (χ2v) is 13.8. The summed E-state index contributed by atoms with van der Waals surface area (Å²) >= 11 is 0. The summed E-state index contributed by atoms with van der Waals surface area (Å²) in [5, 5.41) is 19.3. The Labute approximate surface area is 248 Å². The van der Waals surface area contributed by atoms with Crippen molar-refractivity contribution in [2.45, 2.75) is 90.2 Å². The number of carbonyl (C=O) groups is 2. The highest BCUT2D eigenvalue weighted by molar-refractivity contribution is 5.96. The van der Waals surface area contributed by atoms with Gasteiger partial charge in [-0.2, -0.15) is 0 Å². The van der Waals surface area contributed by atoms with Crippen LogP contribution in [-0.2, 0) is 25.6 Å². The number of aliphatic hydroxyl groups is 1. The third kappa shape index (κ3) is 4.85. The molecule has 1 aromatic heterocycles. The summed E-state index contributed by atoms with van der Waals surface area (Å²) in [7, 11) is 1.32. The Kier molecular flexibility index (Phi) is 7.49. The molecule has 3 fully saturated rings. The number of H-pyrrole nitrogens is 1. The Morgan fingerprint density at radius 1 is 1.10 bits per heavy atom. The van der Waals surface area contributed by atoms with Crippen molar-refractivity contribution in [1.82, 2.24) is 10.3 Å². The highest BCUT2D eigenvalue weighted by atomic mass is 16.6. The zero-order chi connectivity index (χ0) is 29.7. The number of ether oxygens (including phenoxy) is 1. The summed E-state index contributed by atoms with van der Waals surface area (Å²) in [5.74, 6) is 0.999. The molecule has 7 unspecified atom stereocenters. The van der Waals surface area contributed by atoms with Crippen LogP contribution in [0.4, 0.5) is 0 Å². The Morgan fingerprint density at radius 2 is 1.88 bits per heavy atom. The number of rotatable bonds is 7. The van der Waals surface area contributed by atoms with Crippen LogP contribution in [0.2, 0.25) is 0 Å². The van der Waals surface area contributed by atoms with Gasteiger partial charge in [0.05, 0.1) is 18.4 Å². The number of esters is 1. The number of amides is 1. The lowest BCUT2D eigenvalue weighted by molar-refractivity contribution is -0.145. The first-order valence-electron chi connectivity index (χ1n) is 15.6. The minimum absolute atomic E-state index is 0.0315. The number of oxime groups is 1. The van der Waals surface area contributed by atoms with Crippen molar-refractivity contribution in [3.8, 4) is 0 Å². The summed E-state index contributed by atoms with van der Waals surface area (Å²) in [6, 6.07) is 7.02. The second-order valence-electron chi connectivity index (χ2n) is 13.8. The Hall–Kier alpha value is -3.13. The van der Waals surface area contributed by atoms with E-state index in [2.05, 4.69) is 42.3 Å². The number of allylic oxidation sites excluding steroid dienone is 2. The number of aromatic nitrogens is 1. The summed E-state index contributed by atoms with van der Waals surface area (Å²) in [6.07, 6.45) is 12.8. The molecule has 3 saturated carbocycles. The van der Waals surface area contributed by atoms with Gasteiger partial charge >= 0.3 is 5.97 Å². The third-order valence-corrected chi connectivity index (χ3v) is 11.8. The van der Waals surface area contributed by atoms with E-state index in [1.54, 1.807) is 0 Å². The van der Waals surface area contributed by atoms with E-state index in [1.807, 2.05) is 30.5 Å². The number of nitrogens with zero attached hydrogens (tertiary/aromatic N) is 1. The summed E-state index contributed by atoms with van der Waals surface area (Å²) in [4.78, 5) is 33.9. The maximum atomic E-state index is 12.8. The van der Waals surface area contributed by atoms with Crippen LogP contribution in [0, 0.1) is 28.6 Å². The first kappa shape index (κ1) is 29.0. The molecular weight excluding hydrogens is 530 g/mol. The normalized spacial score (nSPS) is 35.5. The molecule has 2 aromatic rings. The highest BCUT2D eigenvalue weighted by Crippen LogP contribution is 2.67. The van der Waals surface area contributed by atoms with E-state index in [0.29, 0.717) is 24.2 Å². The molecule has 0 aliphatic heterocycles. The fourth-order valence-corrected chi connectivity index (χ4v) is 9.15. The Bertz CT molecular complexity index is 1430. The van der Waals surface area contributed by atoms with Crippen LogP contribution in [0.15, 0.2) is 47.3 Å². The molecule has 0 saturated heterocycles. The largest absolute Gasteiger partial charge is 0.467 e. The number of para-hydroxylation sites is 1. The van der Waals surface area contributed by atoms with E-state index < -0.39 is 23.5 Å². The minimum Gasteiger partial charge on any atom is -0.467 e. The fourth-order valence-electron chi connectivity index (χ4n) is 9.15. The van der Waals surface area contributed by atoms with Gasteiger partial charge < -0.3 is 25.0 Å². The predicted molar refractivity (Wildman–Crippen MR) is 162 cm³/mol. The van der Waals surface area contributed by atoms with Crippen LogP contribution in [0.25, 0.3) is 10.9 Å². The molecular formula is C34H45N3O5. The van der Waals surface area contributed by atoms with Crippen LogP contribution in [0.5, 0.6) is 0 Å². The van der Waals surface area contributed by atoms with Crippen molar-refractivity contribution in [1.29, 1.82) is 0 Å².